The average Bonchev–Trinajstić information content (AvgIpc) is 2.97. The van der Waals surface area contributed by atoms with Crippen molar-refractivity contribution in [3.8, 4) is 11.5 Å². The highest BCUT2D eigenvalue weighted by atomic mass is 32.1. The number of nitrogens with one attached hydrogen (secondary N) is 2. The molecular weight excluding hydrogens is 348 g/mol. The van der Waals surface area contributed by atoms with Gasteiger partial charge in [0, 0.05) is 18.0 Å². The zero-order valence-corrected chi connectivity index (χ0v) is 16.8. The number of aromatic nitrogens is 1. The fraction of sp³-hybridized carbons (Fsp3) is 0.474. The van der Waals surface area contributed by atoms with Crippen molar-refractivity contribution >= 4 is 17.3 Å². The molecule has 0 radical (unpaired) electrons. The molecule has 0 spiro atoms. The molecular formula is C19H28N4O2S. The second-order valence-electron chi connectivity index (χ2n) is 5.74. The number of benzene rings is 1. The van der Waals surface area contributed by atoms with Crippen LogP contribution in [0, 0.1) is 13.8 Å². The number of rotatable bonds is 9. The number of aryl methyl sites for hydroxylation is 2. The van der Waals surface area contributed by atoms with Crippen LogP contribution in [0.4, 0.5) is 0 Å². The van der Waals surface area contributed by atoms with Crippen LogP contribution in [0.5, 0.6) is 11.5 Å². The summed E-state index contributed by atoms with van der Waals surface area (Å²) in [7, 11) is 1.66. The van der Waals surface area contributed by atoms with Crippen LogP contribution in [0.2, 0.25) is 0 Å². The molecule has 0 aliphatic heterocycles. The molecule has 2 rings (SSSR count). The summed E-state index contributed by atoms with van der Waals surface area (Å²) in [6.45, 7) is 9.03. The summed E-state index contributed by atoms with van der Waals surface area (Å²) >= 11 is 1.70. The number of thiazole rings is 1. The van der Waals surface area contributed by atoms with Crippen LogP contribution in [0.25, 0.3) is 0 Å². The van der Waals surface area contributed by atoms with E-state index >= 15 is 0 Å². The first-order valence-corrected chi connectivity index (χ1v) is 9.66. The highest BCUT2D eigenvalue weighted by Gasteiger charge is 2.04. The average molecular weight is 377 g/mol. The summed E-state index contributed by atoms with van der Waals surface area (Å²) in [5.74, 6) is 2.50. The first kappa shape index (κ1) is 20.0. The summed E-state index contributed by atoms with van der Waals surface area (Å²) in [5.41, 5.74) is 1.07. The van der Waals surface area contributed by atoms with E-state index in [4.69, 9.17) is 9.47 Å². The van der Waals surface area contributed by atoms with E-state index in [9.17, 15) is 0 Å². The van der Waals surface area contributed by atoms with Gasteiger partial charge < -0.3 is 20.1 Å². The number of guanidine groups is 1. The van der Waals surface area contributed by atoms with E-state index in [0.29, 0.717) is 13.2 Å². The Morgan fingerprint density at radius 1 is 1.15 bits per heavy atom. The lowest BCUT2D eigenvalue weighted by Gasteiger charge is -2.12. The van der Waals surface area contributed by atoms with Gasteiger partial charge in [-0.15, -0.1) is 11.3 Å². The third-order valence-electron chi connectivity index (χ3n) is 3.67. The Morgan fingerprint density at radius 2 is 1.88 bits per heavy atom. The van der Waals surface area contributed by atoms with Gasteiger partial charge in [0.1, 0.15) is 11.5 Å². The minimum Gasteiger partial charge on any atom is -0.497 e. The predicted molar refractivity (Wildman–Crippen MR) is 108 cm³/mol. The van der Waals surface area contributed by atoms with Crippen LogP contribution in [-0.2, 0) is 6.54 Å². The normalized spacial score (nSPS) is 11.3. The quantitative estimate of drug-likeness (QED) is 0.399. The highest BCUT2D eigenvalue weighted by Crippen LogP contribution is 2.18. The van der Waals surface area contributed by atoms with Gasteiger partial charge in [0.25, 0.3) is 0 Å². The smallest absolute Gasteiger partial charge is 0.191 e. The Kier molecular flexibility index (Phi) is 8.21. The summed E-state index contributed by atoms with van der Waals surface area (Å²) < 4.78 is 10.9. The molecule has 0 aliphatic carbocycles. The molecule has 1 aromatic heterocycles. The van der Waals surface area contributed by atoms with Crippen molar-refractivity contribution < 1.29 is 9.47 Å². The van der Waals surface area contributed by atoms with Crippen molar-refractivity contribution in [1.29, 1.82) is 0 Å². The lowest BCUT2D eigenvalue weighted by atomic mass is 10.3. The monoisotopic (exact) mass is 376 g/mol. The van der Waals surface area contributed by atoms with Gasteiger partial charge in [-0.25, -0.2) is 9.98 Å². The molecule has 0 bridgehead atoms. The Morgan fingerprint density at radius 3 is 2.50 bits per heavy atom. The fourth-order valence-electron chi connectivity index (χ4n) is 2.35. The van der Waals surface area contributed by atoms with Crippen LogP contribution in [-0.4, -0.2) is 37.7 Å². The largest absolute Gasteiger partial charge is 0.497 e. The summed E-state index contributed by atoms with van der Waals surface area (Å²) in [6, 6.07) is 7.62. The van der Waals surface area contributed by atoms with E-state index in [1.54, 1.807) is 18.4 Å². The number of aliphatic imine (C=N–C) groups is 1. The van der Waals surface area contributed by atoms with Crippen LogP contribution in [0.1, 0.15) is 28.9 Å². The van der Waals surface area contributed by atoms with Crippen LogP contribution in [0.3, 0.4) is 0 Å². The number of ether oxygens (including phenoxy) is 2. The van der Waals surface area contributed by atoms with Crippen LogP contribution in [0.15, 0.2) is 29.3 Å². The van der Waals surface area contributed by atoms with Crippen molar-refractivity contribution in [3.05, 3.63) is 39.8 Å². The molecule has 2 aromatic rings. The fourth-order valence-corrected chi connectivity index (χ4v) is 3.22. The van der Waals surface area contributed by atoms with E-state index in [1.807, 2.05) is 38.1 Å². The second kappa shape index (κ2) is 10.7. The Hall–Kier alpha value is -2.28. The molecule has 7 heteroatoms. The van der Waals surface area contributed by atoms with E-state index in [0.717, 1.165) is 47.7 Å². The van der Waals surface area contributed by atoms with Crippen molar-refractivity contribution in [3.63, 3.8) is 0 Å². The molecule has 0 fully saturated rings. The maximum absolute atomic E-state index is 5.73. The van der Waals surface area contributed by atoms with E-state index in [1.165, 1.54) is 4.88 Å². The first-order chi connectivity index (χ1) is 12.6. The molecule has 6 nitrogen and oxygen atoms in total. The number of methoxy groups -OCH3 is 1. The Balaban J connectivity index is 1.73. The molecule has 26 heavy (non-hydrogen) atoms. The van der Waals surface area contributed by atoms with Gasteiger partial charge in [-0.1, -0.05) is 0 Å². The first-order valence-electron chi connectivity index (χ1n) is 8.84. The summed E-state index contributed by atoms with van der Waals surface area (Å²) in [5, 5.41) is 7.70. The molecule has 0 amide bonds. The molecule has 2 N–H and O–H groups in total. The highest BCUT2D eigenvalue weighted by molar-refractivity contribution is 7.11. The zero-order valence-electron chi connectivity index (χ0n) is 16.0. The van der Waals surface area contributed by atoms with Crippen LogP contribution >= 0.6 is 11.3 Å². The predicted octanol–water partition coefficient (Wildman–Crippen LogP) is 3.29. The van der Waals surface area contributed by atoms with Crippen molar-refractivity contribution in [2.45, 2.75) is 33.7 Å². The molecule has 0 atom stereocenters. The minimum atomic E-state index is 0.645. The molecule has 1 aromatic carbocycles. The maximum Gasteiger partial charge on any atom is 0.191 e. The molecule has 0 saturated heterocycles. The van der Waals surface area contributed by atoms with Crippen LogP contribution < -0.4 is 20.1 Å². The summed E-state index contributed by atoms with van der Waals surface area (Å²) in [4.78, 5) is 10.3. The number of hydrogen-bond acceptors (Lipinski definition) is 5. The zero-order chi connectivity index (χ0) is 18.8. The molecule has 0 unspecified atom stereocenters. The van der Waals surface area contributed by atoms with Gasteiger partial charge in [0.05, 0.1) is 31.0 Å². The third-order valence-corrected chi connectivity index (χ3v) is 4.72. The molecule has 0 aliphatic rings. The van der Waals surface area contributed by atoms with Crippen molar-refractivity contribution in [1.82, 2.24) is 15.6 Å². The lowest BCUT2D eigenvalue weighted by molar-refractivity contribution is 0.310. The Labute approximate surface area is 159 Å². The molecule has 142 valence electrons. The van der Waals surface area contributed by atoms with Gasteiger partial charge in [0.2, 0.25) is 0 Å². The second-order valence-corrected chi connectivity index (χ2v) is 7.03. The van der Waals surface area contributed by atoms with Crippen molar-refractivity contribution in [2.24, 2.45) is 4.99 Å². The van der Waals surface area contributed by atoms with E-state index in [-0.39, 0.29) is 0 Å². The number of hydrogen-bond donors (Lipinski definition) is 2. The summed E-state index contributed by atoms with van der Waals surface area (Å²) in [6.07, 6.45) is 0.884. The topological polar surface area (TPSA) is 67.8 Å². The van der Waals surface area contributed by atoms with E-state index < -0.39 is 0 Å². The SMILES string of the molecule is CCNC(=NCc1sc(C)nc1C)NCCCOc1ccc(OC)cc1. The van der Waals surface area contributed by atoms with Gasteiger partial charge in [0.15, 0.2) is 5.96 Å². The molecule has 0 saturated carbocycles. The minimum absolute atomic E-state index is 0.645. The van der Waals surface area contributed by atoms with Gasteiger partial charge in [-0.2, -0.15) is 0 Å². The van der Waals surface area contributed by atoms with Crippen molar-refractivity contribution in [2.75, 3.05) is 26.8 Å². The van der Waals surface area contributed by atoms with Gasteiger partial charge >= 0.3 is 0 Å². The van der Waals surface area contributed by atoms with E-state index in [2.05, 4.69) is 27.5 Å². The standard InChI is InChI=1S/C19H28N4O2S/c1-5-20-19(22-13-18-14(2)23-15(3)26-18)21-11-6-12-25-17-9-7-16(24-4)8-10-17/h7-10H,5-6,11-13H2,1-4H3,(H2,20,21,22). The Bertz CT molecular complexity index is 698. The lowest BCUT2D eigenvalue weighted by Crippen LogP contribution is -2.38. The van der Waals surface area contributed by atoms with Gasteiger partial charge in [-0.05, 0) is 51.5 Å². The maximum atomic E-state index is 5.73. The third kappa shape index (κ3) is 6.55. The number of nitrogens with zero attached hydrogens (tertiary/aromatic N) is 2. The molecule has 1 heterocycles. The van der Waals surface area contributed by atoms with Gasteiger partial charge in [-0.3, -0.25) is 0 Å².